The Kier molecular flexibility index (Phi) is 4.81. The van der Waals surface area contributed by atoms with Crippen LogP contribution in [0.15, 0.2) is 0 Å². The average molecular weight is 186 g/mol. The first-order valence-electron chi connectivity index (χ1n) is 4.57. The Hall–Kier alpha value is -0.730. The summed E-state index contributed by atoms with van der Waals surface area (Å²) in [5.74, 6) is 1.30. The zero-order chi connectivity index (χ0) is 10.5. The maximum atomic E-state index is 11.1. The van der Waals surface area contributed by atoms with E-state index in [4.69, 9.17) is 4.74 Å². The zero-order valence-electron chi connectivity index (χ0n) is 9.23. The molecule has 3 nitrogen and oxygen atoms in total. The van der Waals surface area contributed by atoms with Gasteiger partial charge in [-0.15, -0.1) is 0 Å². The van der Waals surface area contributed by atoms with E-state index in [2.05, 4.69) is 5.32 Å². The molecule has 0 aromatic heterocycles. The monoisotopic (exact) mass is 186 g/mol. The first-order valence-corrected chi connectivity index (χ1v) is 4.57. The van der Waals surface area contributed by atoms with Crippen LogP contribution < -0.4 is 5.32 Å². The highest BCUT2D eigenvalue weighted by Crippen LogP contribution is 2.06. The number of nitrogens with one attached hydrogen (secondary N) is 1. The normalized spacial score (nSPS) is 11.5. The molecule has 0 rings (SSSR count). The molecule has 0 unspecified atom stereocenters. The van der Waals surface area contributed by atoms with Crippen molar-refractivity contribution in [2.75, 3.05) is 6.54 Å². The summed E-state index contributed by atoms with van der Waals surface area (Å²) in [4.78, 5) is 11.1. The summed E-state index contributed by atoms with van der Waals surface area (Å²) in [7, 11) is 0. The fraction of sp³-hybridized carbons (Fsp3) is 0.800. The van der Waals surface area contributed by atoms with Gasteiger partial charge < -0.3 is 10.1 Å². The fourth-order valence-corrected chi connectivity index (χ4v) is 0.729. The van der Waals surface area contributed by atoms with Crippen LogP contribution in [0, 0.1) is 5.92 Å². The summed E-state index contributed by atoms with van der Waals surface area (Å²) in [6, 6.07) is 0. The van der Waals surface area contributed by atoms with Gasteiger partial charge in [-0.2, -0.15) is 0 Å². The molecule has 0 aliphatic rings. The van der Waals surface area contributed by atoms with Crippen molar-refractivity contribution in [2.45, 2.75) is 46.6 Å². The average Bonchev–Trinajstić information content (AvgIpc) is 1.81. The van der Waals surface area contributed by atoms with Crippen LogP contribution in [-0.4, -0.2) is 18.2 Å². The van der Waals surface area contributed by atoms with E-state index in [0.717, 1.165) is 6.42 Å². The van der Waals surface area contributed by atoms with Gasteiger partial charge in [0.25, 0.3) is 0 Å². The highest BCUT2D eigenvalue weighted by Gasteiger charge is 2.15. The van der Waals surface area contributed by atoms with Crippen LogP contribution in [0.25, 0.3) is 0 Å². The maximum Gasteiger partial charge on any atom is 0.407 e. The Labute approximate surface area is 80.8 Å². The third-order valence-corrected chi connectivity index (χ3v) is 1.29. The first-order chi connectivity index (χ1) is 5.81. The van der Waals surface area contributed by atoms with E-state index < -0.39 is 5.60 Å². The number of rotatable bonds is 3. The molecule has 0 bridgehead atoms. The van der Waals surface area contributed by atoms with Crippen molar-refractivity contribution in [1.82, 2.24) is 5.32 Å². The molecule has 1 radical (unpaired) electrons. The van der Waals surface area contributed by atoms with Crippen molar-refractivity contribution in [3.63, 3.8) is 0 Å². The van der Waals surface area contributed by atoms with Crippen molar-refractivity contribution in [3.8, 4) is 0 Å². The van der Waals surface area contributed by atoms with Crippen LogP contribution in [-0.2, 0) is 4.74 Å². The van der Waals surface area contributed by atoms with E-state index in [1.807, 2.05) is 34.6 Å². The molecule has 0 fully saturated rings. The molecule has 1 amide bonds. The zero-order valence-corrected chi connectivity index (χ0v) is 9.23. The SMILES string of the molecule is C[C](C)CCNC(=O)OC(C)(C)C. The van der Waals surface area contributed by atoms with E-state index in [-0.39, 0.29) is 6.09 Å². The number of hydrogen-bond donors (Lipinski definition) is 1. The molecular formula is C10H20NO2. The minimum absolute atomic E-state index is 0.339. The lowest BCUT2D eigenvalue weighted by molar-refractivity contribution is 0.0528. The van der Waals surface area contributed by atoms with Crippen LogP contribution >= 0.6 is 0 Å². The summed E-state index contributed by atoms with van der Waals surface area (Å²) in [6.07, 6.45) is 0.563. The van der Waals surface area contributed by atoms with Gasteiger partial charge in [-0.1, -0.05) is 13.8 Å². The second kappa shape index (κ2) is 5.10. The number of ether oxygens (including phenoxy) is 1. The van der Waals surface area contributed by atoms with Crippen molar-refractivity contribution in [1.29, 1.82) is 0 Å². The quantitative estimate of drug-likeness (QED) is 0.735. The smallest absolute Gasteiger partial charge is 0.407 e. The van der Waals surface area contributed by atoms with Gasteiger partial charge in [0, 0.05) is 6.54 Å². The molecule has 1 N–H and O–H groups in total. The minimum Gasteiger partial charge on any atom is -0.444 e. The fourth-order valence-electron chi connectivity index (χ4n) is 0.729. The molecule has 0 saturated heterocycles. The van der Waals surface area contributed by atoms with Gasteiger partial charge in [-0.3, -0.25) is 0 Å². The standard InChI is InChI=1S/C10H20NO2/c1-8(2)6-7-11-9(12)13-10(3,4)5/h6-7H2,1-5H3,(H,11,12). The topological polar surface area (TPSA) is 38.3 Å². The predicted octanol–water partition coefficient (Wildman–Crippen LogP) is 2.52. The number of alkyl carbamates (subject to hydrolysis) is 1. The van der Waals surface area contributed by atoms with Gasteiger partial charge in [0.2, 0.25) is 0 Å². The predicted molar refractivity (Wildman–Crippen MR) is 53.4 cm³/mol. The third kappa shape index (κ3) is 9.18. The van der Waals surface area contributed by atoms with E-state index in [0.29, 0.717) is 6.54 Å². The van der Waals surface area contributed by atoms with Crippen molar-refractivity contribution in [2.24, 2.45) is 0 Å². The third-order valence-electron chi connectivity index (χ3n) is 1.29. The van der Waals surface area contributed by atoms with Crippen LogP contribution in [0.5, 0.6) is 0 Å². The minimum atomic E-state index is -0.408. The van der Waals surface area contributed by atoms with Crippen LogP contribution in [0.3, 0.4) is 0 Å². The molecule has 0 aromatic rings. The van der Waals surface area contributed by atoms with E-state index in [1.54, 1.807) is 0 Å². The molecule has 3 heteroatoms. The lowest BCUT2D eigenvalue weighted by Gasteiger charge is -2.19. The summed E-state index contributed by atoms with van der Waals surface area (Å²) < 4.78 is 5.06. The van der Waals surface area contributed by atoms with Crippen molar-refractivity contribution >= 4 is 6.09 Å². The second-order valence-corrected chi connectivity index (χ2v) is 4.39. The molecule has 77 valence electrons. The molecule has 0 aliphatic heterocycles. The van der Waals surface area contributed by atoms with Crippen molar-refractivity contribution in [3.05, 3.63) is 5.92 Å². The largest absolute Gasteiger partial charge is 0.444 e. The molecule has 13 heavy (non-hydrogen) atoms. The summed E-state index contributed by atoms with van der Waals surface area (Å²) in [5, 5.41) is 2.69. The highest BCUT2D eigenvalue weighted by atomic mass is 16.6. The van der Waals surface area contributed by atoms with Crippen LogP contribution in [0.2, 0.25) is 0 Å². The lowest BCUT2D eigenvalue weighted by atomic mass is 10.1. The number of hydrogen-bond acceptors (Lipinski definition) is 2. The number of carbonyl (C=O) groups excluding carboxylic acids is 1. The van der Waals surface area contributed by atoms with Gasteiger partial charge in [0.05, 0.1) is 0 Å². The van der Waals surface area contributed by atoms with Crippen LogP contribution in [0.1, 0.15) is 41.0 Å². The number of amides is 1. The van der Waals surface area contributed by atoms with Gasteiger partial charge in [-0.25, -0.2) is 4.79 Å². The lowest BCUT2D eigenvalue weighted by Crippen LogP contribution is -2.33. The van der Waals surface area contributed by atoms with E-state index >= 15 is 0 Å². The van der Waals surface area contributed by atoms with E-state index in [9.17, 15) is 4.79 Å². The molecule has 0 aliphatic carbocycles. The van der Waals surface area contributed by atoms with Crippen LogP contribution in [0.4, 0.5) is 4.79 Å². The first kappa shape index (κ1) is 12.3. The summed E-state index contributed by atoms with van der Waals surface area (Å²) in [5.41, 5.74) is -0.408. The Morgan fingerprint density at radius 2 is 1.85 bits per heavy atom. The Morgan fingerprint density at radius 3 is 2.23 bits per heavy atom. The molecular weight excluding hydrogens is 166 g/mol. The summed E-state index contributed by atoms with van der Waals surface area (Å²) in [6.45, 7) is 10.3. The highest BCUT2D eigenvalue weighted by molar-refractivity contribution is 5.67. The molecule has 0 heterocycles. The number of carbonyl (C=O) groups is 1. The van der Waals surface area contributed by atoms with Gasteiger partial charge in [0.1, 0.15) is 5.60 Å². The van der Waals surface area contributed by atoms with Gasteiger partial charge in [0.15, 0.2) is 0 Å². The maximum absolute atomic E-state index is 11.1. The Morgan fingerprint density at radius 1 is 1.31 bits per heavy atom. The van der Waals surface area contributed by atoms with Gasteiger partial charge in [-0.05, 0) is 33.1 Å². The Bertz CT molecular complexity index is 159. The second-order valence-electron chi connectivity index (χ2n) is 4.39. The van der Waals surface area contributed by atoms with Crippen molar-refractivity contribution < 1.29 is 9.53 Å². The molecule has 0 saturated carbocycles. The molecule has 0 spiro atoms. The molecule has 0 aromatic carbocycles. The molecule has 0 atom stereocenters. The summed E-state index contributed by atoms with van der Waals surface area (Å²) >= 11 is 0. The van der Waals surface area contributed by atoms with E-state index in [1.165, 1.54) is 5.92 Å². The Balaban J connectivity index is 3.53. The van der Waals surface area contributed by atoms with Gasteiger partial charge >= 0.3 is 6.09 Å².